The van der Waals surface area contributed by atoms with Crippen LogP contribution in [-0.2, 0) is 9.59 Å². The Bertz CT molecular complexity index is 1320. The molecule has 0 saturated heterocycles. The third kappa shape index (κ3) is 4.66. The number of imide groups is 1. The van der Waals surface area contributed by atoms with E-state index in [0.717, 1.165) is 4.90 Å². The zero-order valence-corrected chi connectivity index (χ0v) is 18.9. The number of hydrogen-bond donors (Lipinski definition) is 3. The van der Waals surface area contributed by atoms with Gasteiger partial charge >= 0.3 is 0 Å². The van der Waals surface area contributed by atoms with Crippen molar-refractivity contribution in [1.82, 2.24) is 0 Å². The number of phenolic OH excluding ortho intramolecular Hbond substituents is 1. The Balaban J connectivity index is 1.50. The second-order valence-corrected chi connectivity index (χ2v) is 8.16. The number of hydrogen-bond acceptors (Lipinski definition) is 5. The summed E-state index contributed by atoms with van der Waals surface area (Å²) in [6.07, 6.45) is 0. The molecule has 0 spiro atoms. The minimum absolute atomic E-state index is 0.0298. The number of carbonyl (C=O) groups excluding carboxylic acids is 3. The molecule has 0 unspecified atom stereocenters. The van der Waals surface area contributed by atoms with E-state index in [0.29, 0.717) is 22.0 Å². The third-order valence-corrected chi connectivity index (χ3v) is 5.59. The minimum Gasteiger partial charge on any atom is -0.508 e. The van der Waals surface area contributed by atoms with Crippen molar-refractivity contribution in [1.29, 1.82) is 0 Å². The van der Waals surface area contributed by atoms with Crippen molar-refractivity contribution in [2.75, 3.05) is 15.5 Å². The summed E-state index contributed by atoms with van der Waals surface area (Å²) < 4.78 is 0. The molecule has 1 aliphatic rings. The van der Waals surface area contributed by atoms with Gasteiger partial charge in [0.1, 0.15) is 16.5 Å². The van der Waals surface area contributed by atoms with Crippen molar-refractivity contribution in [3.05, 3.63) is 93.1 Å². The highest BCUT2D eigenvalue weighted by molar-refractivity contribution is 6.54. The smallest absolute Gasteiger partial charge is 0.283 e. The molecular formula is C23H14Cl3N3O4. The fourth-order valence-corrected chi connectivity index (χ4v) is 3.83. The van der Waals surface area contributed by atoms with Crippen molar-refractivity contribution in [3.8, 4) is 5.75 Å². The lowest BCUT2D eigenvalue weighted by Crippen LogP contribution is -2.32. The molecule has 0 atom stereocenters. The fraction of sp³-hybridized carbons (Fsp3) is 0. The Morgan fingerprint density at radius 2 is 1.58 bits per heavy atom. The van der Waals surface area contributed by atoms with Gasteiger partial charge in [-0.05, 0) is 54.6 Å². The minimum atomic E-state index is -0.726. The number of nitrogens with zero attached hydrogens (tertiary/aromatic N) is 1. The van der Waals surface area contributed by atoms with E-state index in [2.05, 4.69) is 10.6 Å². The summed E-state index contributed by atoms with van der Waals surface area (Å²) in [5.74, 6) is -1.77. The van der Waals surface area contributed by atoms with Gasteiger partial charge in [0.05, 0.1) is 10.7 Å². The lowest BCUT2D eigenvalue weighted by molar-refractivity contribution is -0.120. The van der Waals surface area contributed by atoms with Gasteiger partial charge < -0.3 is 15.7 Å². The van der Waals surface area contributed by atoms with E-state index in [1.165, 1.54) is 42.5 Å². The normalized spacial score (nSPS) is 13.5. The summed E-state index contributed by atoms with van der Waals surface area (Å²) in [6.45, 7) is 0. The second kappa shape index (κ2) is 9.15. The van der Waals surface area contributed by atoms with E-state index in [1.807, 2.05) is 0 Å². The molecule has 0 aliphatic carbocycles. The standard InChI is InChI=1S/C23H14Cl3N3O4/c24-13-6-9-18(17(25)10-13)29-22(32)19(26)20(23(29)33)27-14-7-4-12(5-8-14)21(31)28-15-2-1-3-16(30)11-15/h1-11,27,30H,(H,28,31). The average Bonchev–Trinajstić information content (AvgIpc) is 2.98. The van der Waals surface area contributed by atoms with Crippen LogP contribution >= 0.6 is 34.8 Å². The van der Waals surface area contributed by atoms with Crippen LogP contribution in [0.25, 0.3) is 0 Å². The maximum Gasteiger partial charge on any atom is 0.283 e. The molecule has 0 bridgehead atoms. The molecule has 10 heteroatoms. The van der Waals surface area contributed by atoms with Crippen LogP contribution in [0.5, 0.6) is 5.75 Å². The first-order chi connectivity index (χ1) is 15.7. The summed E-state index contributed by atoms with van der Waals surface area (Å²) in [6, 6.07) is 16.7. The highest BCUT2D eigenvalue weighted by Crippen LogP contribution is 2.35. The molecule has 4 rings (SSSR count). The van der Waals surface area contributed by atoms with Gasteiger partial charge in [-0.15, -0.1) is 0 Å². The van der Waals surface area contributed by atoms with Crippen LogP contribution < -0.4 is 15.5 Å². The van der Waals surface area contributed by atoms with Crippen molar-refractivity contribution >= 4 is 69.6 Å². The maximum absolute atomic E-state index is 12.9. The fourth-order valence-electron chi connectivity index (χ4n) is 3.13. The number of anilines is 3. The lowest BCUT2D eigenvalue weighted by atomic mass is 10.2. The molecule has 0 radical (unpaired) electrons. The lowest BCUT2D eigenvalue weighted by Gasteiger charge is -2.16. The van der Waals surface area contributed by atoms with Crippen molar-refractivity contribution in [3.63, 3.8) is 0 Å². The van der Waals surface area contributed by atoms with E-state index in [4.69, 9.17) is 34.8 Å². The molecule has 0 saturated carbocycles. The third-order valence-electron chi connectivity index (χ3n) is 4.70. The first kappa shape index (κ1) is 22.7. The Hall–Kier alpha value is -3.52. The number of carbonyl (C=O) groups is 3. The summed E-state index contributed by atoms with van der Waals surface area (Å²) in [7, 11) is 0. The van der Waals surface area contributed by atoms with Gasteiger partial charge in [-0.2, -0.15) is 0 Å². The van der Waals surface area contributed by atoms with E-state index in [-0.39, 0.29) is 33.1 Å². The number of nitrogens with one attached hydrogen (secondary N) is 2. The van der Waals surface area contributed by atoms with Crippen LogP contribution in [0.4, 0.5) is 17.1 Å². The molecule has 3 amide bonds. The van der Waals surface area contributed by atoms with Crippen LogP contribution in [0.1, 0.15) is 10.4 Å². The molecule has 1 heterocycles. The van der Waals surface area contributed by atoms with Gasteiger partial charge in [0.25, 0.3) is 17.7 Å². The first-order valence-electron chi connectivity index (χ1n) is 9.45. The van der Waals surface area contributed by atoms with Crippen molar-refractivity contribution in [2.45, 2.75) is 0 Å². The van der Waals surface area contributed by atoms with Gasteiger partial charge in [0.2, 0.25) is 0 Å². The second-order valence-electron chi connectivity index (χ2n) is 6.94. The van der Waals surface area contributed by atoms with E-state index >= 15 is 0 Å². The Morgan fingerprint density at radius 1 is 0.848 bits per heavy atom. The number of aromatic hydroxyl groups is 1. The number of halogens is 3. The van der Waals surface area contributed by atoms with E-state index in [1.54, 1.807) is 24.3 Å². The van der Waals surface area contributed by atoms with Crippen LogP contribution in [0.15, 0.2) is 77.5 Å². The summed E-state index contributed by atoms with van der Waals surface area (Å²) in [4.78, 5) is 38.8. The van der Waals surface area contributed by atoms with Gasteiger partial charge in [-0.1, -0.05) is 40.9 Å². The molecular weight excluding hydrogens is 489 g/mol. The SMILES string of the molecule is O=C(Nc1cccc(O)c1)c1ccc(NC2=C(Cl)C(=O)N(c3ccc(Cl)cc3Cl)C2=O)cc1. The quantitative estimate of drug-likeness (QED) is 0.407. The summed E-state index contributed by atoms with van der Waals surface area (Å²) >= 11 is 18.2. The number of amides is 3. The first-order valence-corrected chi connectivity index (χ1v) is 10.6. The molecule has 3 aromatic carbocycles. The van der Waals surface area contributed by atoms with Crippen LogP contribution in [-0.4, -0.2) is 22.8 Å². The van der Waals surface area contributed by atoms with Gasteiger partial charge in [-0.25, -0.2) is 4.90 Å². The van der Waals surface area contributed by atoms with Crippen molar-refractivity contribution in [2.24, 2.45) is 0 Å². The highest BCUT2D eigenvalue weighted by Gasteiger charge is 2.39. The average molecular weight is 503 g/mol. The molecule has 33 heavy (non-hydrogen) atoms. The van der Waals surface area contributed by atoms with Crippen LogP contribution in [0.2, 0.25) is 10.0 Å². The molecule has 166 valence electrons. The topological polar surface area (TPSA) is 98.7 Å². The zero-order chi connectivity index (χ0) is 23.7. The molecule has 7 nitrogen and oxygen atoms in total. The molecule has 0 aromatic heterocycles. The van der Waals surface area contributed by atoms with Crippen LogP contribution in [0, 0.1) is 0 Å². The monoisotopic (exact) mass is 501 g/mol. The van der Waals surface area contributed by atoms with Gasteiger partial charge in [0, 0.05) is 28.0 Å². The van der Waals surface area contributed by atoms with Gasteiger partial charge in [0.15, 0.2) is 0 Å². The number of phenols is 1. The van der Waals surface area contributed by atoms with E-state index < -0.39 is 11.8 Å². The molecule has 3 aromatic rings. The zero-order valence-electron chi connectivity index (χ0n) is 16.6. The predicted octanol–water partition coefficient (Wildman–Crippen LogP) is 5.39. The Labute approximate surface area is 203 Å². The van der Waals surface area contributed by atoms with Crippen molar-refractivity contribution < 1.29 is 19.5 Å². The number of rotatable bonds is 5. The Morgan fingerprint density at radius 3 is 2.24 bits per heavy atom. The maximum atomic E-state index is 12.9. The number of benzene rings is 3. The van der Waals surface area contributed by atoms with E-state index in [9.17, 15) is 19.5 Å². The highest BCUT2D eigenvalue weighted by atomic mass is 35.5. The van der Waals surface area contributed by atoms with Gasteiger partial charge in [-0.3, -0.25) is 14.4 Å². The largest absolute Gasteiger partial charge is 0.508 e. The van der Waals surface area contributed by atoms with Crippen LogP contribution in [0.3, 0.4) is 0 Å². The molecule has 1 aliphatic heterocycles. The molecule has 0 fully saturated rings. The Kier molecular flexibility index (Phi) is 6.29. The molecule has 3 N–H and O–H groups in total. The predicted molar refractivity (Wildman–Crippen MR) is 128 cm³/mol. The summed E-state index contributed by atoms with van der Waals surface area (Å²) in [5, 5.41) is 15.2. The summed E-state index contributed by atoms with van der Waals surface area (Å²) in [5.41, 5.74) is 1.25.